The lowest BCUT2D eigenvalue weighted by Gasteiger charge is -2.41. The van der Waals surface area contributed by atoms with Crippen molar-refractivity contribution in [2.24, 2.45) is 5.92 Å². The van der Waals surface area contributed by atoms with Gasteiger partial charge in [0.2, 0.25) is 0 Å². The third-order valence-electron chi connectivity index (χ3n) is 6.64. The largest absolute Gasteiger partial charge is 0.586 e. The number of fused-ring (bicyclic) bond motifs is 8. The van der Waals surface area contributed by atoms with Crippen LogP contribution in [0.15, 0.2) is 54.9 Å². The lowest BCUT2D eigenvalue weighted by atomic mass is 9.71. The van der Waals surface area contributed by atoms with Crippen LogP contribution in [-0.4, -0.2) is 39.7 Å². The molecule has 7 rings (SSSR count). The first-order valence-corrected chi connectivity index (χ1v) is 10.6. The Morgan fingerprint density at radius 3 is 2.50 bits per heavy atom. The van der Waals surface area contributed by atoms with E-state index in [0.29, 0.717) is 38.6 Å². The van der Waals surface area contributed by atoms with Gasteiger partial charge in [0.05, 0.1) is 16.7 Å². The Labute approximate surface area is 190 Å². The van der Waals surface area contributed by atoms with Crippen LogP contribution in [0.5, 0.6) is 11.5 Å². The van der Waals surface area contributed by atoms with Gasteiger partial charge in [0, 0.05) is 29.1 Å². The molecule has 10 heteroatoms. The topological polar surface area (TPSA) is 103 Å². The van der Waals surface area contributed by atoms with Gasteiger partial charge in [-0.25, -0.2) is 0 Å². The molecule has 4 aromatic rings. The van der Waals surface area contributed by atoms with E-state index in [4.69, 9.17) is 4.74 Å². The fourth-order valence-electron chi connectivity index (χ4n) is 5.33. The number of ether oxygens (including phenoxy) is 3. The molecule has 1 saturated heterocycles. The maximum absolute atomic E-state index is 13.7. The van der Waals surface area contributed by atoms with Gasteiger partial charge in [-0.2, -0.15) is 0 Å². The predicted octanol–water partition coefficient (Wildman–Crippen LogP) is 3.52. The van der Waals surface area contributed by atoms with Crippen molar-refractivity contribution in [3.63, 3.8) is 0 Å². The van der Waals surface area contributed by atoms with E-state index in [2.05, 4.69) is 24.8 Å². The molecular formula is C24H15F2N3O5. The zero-order valence-electron chi connectivity index (χ0n) is 17.3. The minimum atomic E-state index is -3.78. The van der Waals surface area contributed by atoms with E-state index in [1.807, 2.05) is 12.1 Å². The Bertz CT molecular complexity index is 1540. The predicted molar refractivity (Wildman–Crippen MR) is 115 cm³/mol. The molecule has 3 aliphatic rings. The van der Waals surface area contributed by atoms with Gasteiger partial charge in [-0.15, -0.1) is 8.78 Å². The van der Waals surface area contributed by atoms with Crippen molar-refractivity contribution in [2.75, 3.05) is 11.9 Å². The molecule has 0 unspecified atom stereocenters. The summed E-state index contributed by atoms with van der Waals surface area (Å²) in [6, 6.07) is 11.6. The Morgan fingerprint density at radius 1 is 1.00 bits per heavy atom. The molecule has 5 heterocycles. The van der Waals surface area contributed by atoms with Crippen LogP contribution in [-0.2, 0) is 9.53 Å². The number of nitrogens with zero attached hydrogens (tertiary/aromatic N) is 2. The number of anilines is 1. The Morgan fingerprint density at radius 2 is 1.71 bits per heavy atom. The number of rotatable bonds is 1. The number of nitrogens with one attached hydrogen (secondary N) is 1. The van der Waals surface area contributed by atoms with Gasteiger partial charge in [-0.3, -0.25) is 14.8 Å². The number of halogens is 2. The van der Waals surface area contributed by atoms with Crippen molar-refractivity contribution in [3.05, 3.63) is 66.0 Å². The van der Waals surface area contributed by atoms with Crippen molar-refractivity contribution in [1.29, 1.82) is 0 Å². The average molecular weight is 463 g/mol. The summed E-state index contributed by atoms with van der Waals surface area (Å²) in [7, 11) is 0. The fraction of sp³-hybridized carbons (Fsp3) is 0.208. The summed E-state index contributed by atoms with van der Waals surface area (Å²) in [4.78, 5) is 21.9. The second kappa shape index (κ2) is 6.29. The number of aliphatic hydroxyl groups is 1. The van der Waals surface area contributed by atoms with E-state index in [-0.39, 0.29) is 18.1 Å². The SMILES string of the molecule is O=C1OC[C@]2(O)Nc3c(c4cccnc4c4ncccc34)[C@@H](c3ccc4c(c3)OC(F)(F)O4)[C@@H]12. The third kappa shape index (κ3) is 2.51. The van der Waals surface area contributed by atoms with E-state index < -0.39 is 29.8 Å². The molecule has 0 saturated carbocycles. The second-order valence-electron chi connectivity index (χ2n) is 8.57. The van der Waals surface area contributed by atoms with Gasteiger partial charge >= 0.3 is 12.3 Å². The Kier molecular flexibility index (Phi) is 3.59. The minimum absolute atomic E-state index is 0.110. The van der Waals surface area contributed by atoms with Gasteiger partial charge in [-0.1, -0.05) is 12.1 Å². The van der Waals surface area contributed by atoms with Crippen LogP contribution in [0.2, 0.25) is 0 Å². The zero-order chi connectivity index (χ0) is 23.2. The molecule has 0 amide bonds. The summed E-state index contributed by atoms with van der Waals surface area (Å²) in [6.45, 7) is -0.262. The lowest BCUT2D eigenvalue weighted by molar-refractivity contribution is -0.286. The first-order chi connectivity index (χ1) is 16.3. The molecule has 2 aromatic carbocycles. The fourth-order valence-corrected chi connectivity index (χ4v) is 5.33. The van der Waals surface area contributed by atoms with E-state index in [9.17, 15) is 18.7 Å². The quantitative estimate of drug-likeness (QED) is 0.327. The number of pyridine rings is 2. The second-order valence-corrected chi connectivity index (χ2v) is 8.57. The smallest absolute Gasteiger partial charge is 0.460 e. The average Bonchev–Trinajstić information content (AvgIpc) is 3.31. The number of esters is 1. The van der Waals surface area contributed by atoms with Crippen LogP contribution in [0.3, 0.4) is 0 Å². The van der Waals surface area contributed by atoms with Crippen LogP contribution in [0.4, 0.5) is 14.5 Å². The summed E-state index contributed by atoms with van der Waals surface area (Å²) in [5.41, 5.74) is 1.27. The van der Waals surface area contributed by atoms with Crippen molar-refractivity contribution in [3.8, 4) is 11.5 Å². The highest BCUT2D eigenvalue weighted by molar-refractivity contribution is 6.13. The molecule has 2 N–H and O–H groups in total. The van der Waals surface area contributed by atoms with Crippen LogP contribution < -0.4 is 14.8 Å². The van der Waals surface area contributed by atoms with E-state index in [0.717, 1.165) is 0 Å². The van der Waals surface area contributed by atoms with Crippen molar-refractivity contribution < 1.29 is 32.9 Å². The van der Waals surface area contributed by atoms with E-state index in [1.165, 1.54) is 12.1 Å². The summed E-state index contributed by atoms with van der Waals surface area (Å²) >= 11 is 0. The molecule has 8 nitrogen and oxygen atoms in total. The van der Waals surface area contributed by atoms with Gasteiger partial charge in [0.15, 0.2) is 17.2 Å². The number of aromatic nitrogens is 2. The normalized spacial score (nSPS) is 26.1. The van der Waals surface area contributed by atoms with Crippen LogP contribution >= 0.6 is 0 Å². The number of hydrogen-bond donors (Lipinski definition) is 2. The lowest BCUT2D eigenvalue weighted by Crippen LogP contribution is -2.51. The monoisotopic (exact) mass is 463 g/mol. The molecule has 34 heavy (non-hydrogen) atoms. The number of alkyl halides is 2. The van der Waals surface area contributed by atoms with Gasteiger partial charge in [0.25, 0.3) is 0 Å². The summed E-state index contributed by atoms with van der Waals surface area (Å²) in [6.07, 6.45) is -0.476. The molecule has 3 atom stereocenters. The molecule has 3 aliphatic heterocycles. The van der Waals surface area contributed by atoms with Crippen molar-refractivity contribution in [1.82, 2.24) is 9.97 Å². The van der Waals surface area contributed by atoms with Gasteiger partial charge in [0.1, 0.15) is 12.5 Å². The van der Waals surface area contributed by atoms with Crippen LogP contribution in [0, 0.1) is 5.92 Å². The summed E-state index contributed by atoms with van der Waals surface area (Å²) in [5, 5.41) is 16.0. The molecule has 0 bridgehead atoms. The number of benzene rings is 2. The maximum Gasteiger partial charge on any atom is 0.586 e. The Balaban J connectivity index is 1.57. The highest BCUT2D eigenvalue weighted by atomic mass is 19.3. The van der Waals surface area contributed by atoms with Crippen LogP contribution in [0.25, 0.3) is 21.8 Å². The first-order valence-electron chi connectivity index (χ1n) is 10.6. The molecule has 0 spiro atoms. The Hall–Kier alpha value is -4.05. The third-order valence-corrected chi connectivity index (χ3v) is 6.64. The maximum atomic E-state index is 13.7. The number of carbonyl (C=O) groups excluding carboxylic acids is 1. The molecule has 170 valence electrons. The summed E-state index contributed by atoms with van der Waals surface area (Å²) in [5.74, 6) is -2.66. The molecule has 2 aromatic heterocycles. The molecule has 0 radical (unpaired) electrons. The number of hydrogen-bond acceptors (Lipinski definition) is 8. The molecule has 1 fully saturated rings. The minimum Gasteiger partial charge on any atom is -0.460 e. The van der Waals surface area contributed by atoms with Crippen molar-refractivity contribution in [2.45, 2.75) is 17.9 Å². The molecular weight excluding hydrogens is 448 g/mol. The standard InChI is InChI=1S/C24H15F2N3O5/c25-24(26)33-14-6-5-11(9-15(14)34-24)16-17-12-3-1-7-27-20(12)21-13(4-2-8-28-21)19(17)29-23(31)10-32-22(30)18(16)23/h1-9,16,18,29,31H,10H2/t16-,18+,23-/m1/s1. The van der Waals surface area contributed by atoms with Gasteiger partial charge < -0.3 is 24.6 Å². The van der Waals surface area contributed by atoms with Crippen molar-refractivity contribution >= 4 is 33.5 Å². The highest BCUT2D eigenvalue weighted by Crippen LogP contribution is 2.54. The highest BCUT2D eigenvalue weighted by Gasteiger charge is 2.58. The van der Waals surface area contributed by atoms with E-state index in [1.54, 1.807) is 30.6 Å². The summed E-state index contributed by atoms with van der Waals surface area (Å²) < 4.78 is 41.8. The van der Waals surface area contributed by atoms with Gasteiger partial charge in [-0.05, 0) is 41.5 Å². The molecule has 0 aliphatic carbocycles. The zero-order valence-corrected chi connectivity index (χ0v) is 17.3. The van der Waals surface area contributed by atoms with E-state index >= 15 is 0 Å². The number of carbonyl (C=O) groups is 1. The van der Waals surface area contributed by atoms with Crippen LogP contribution in [0.1, 0.15) is 17.0 Å². The first kappa shape index (κ1) is 19.4. The number of cyclic esters (lactones) is 1.